The van der Waals surface area contributed by atoms with E-state index in [1.165, 1.54) is 12.8 Å². The van der Waals surface area contributed by atoms with Crippen molar-refractivity contribution in [1.82, 2.24) is 0 Å². The van der Waals surface area contributed by atoms with Crippen molar-refractivity contribution in [3.05, 3.63) is 12.3 Å². The Hall–Kier alpha value is -0.990. The molecule has 3 heteroatoms. The van der Waals surface area contributed by atoms with Crippen LogP contribution in [0, 0.1) is 0 Å². The molecule has 0 heterocycles. The maximum atomic E-state index is 11.2. The third kappa shape index (κ3) is 12.9. The molecule has 0 saturated heterocycles. The highest BCUT2D eigenvalue weighted by Gasteiger charge is 1.98. The van der Waals surface area contributed by atoms with Crippen LogP contribution in [0.2, 0.25) is 0 Å². The number of hydrogen-bond donors (Lipinski definition) is 0. The smallest absolute Gasteiger partial charge is 0.309 e. The molecule has 0 aliphatic rings. The topological polar surface area (TPSA) is 35.5 Å². The van der Waals surface area contributed by atoms with Crippen LogP contribution in [0.3, 0.4) is 0 Å². The summed E-state index contributed by atoms with van der Waals surface area (Å²) in [6, 6.07) is 0. The van der Waals surface area contributed by atoms with E-state index < -0.39 is 0 Å². The largest absolute Gasteiger partial charge is 0.502 e. The zero-order chi connectivity index (χ0) is 12.8. The summed E-state index contributed by atoms with van der Waals surface area (Å²) in [5.41, 5.74) is 0. The molecule has 100 valence electrons. The normalized spacial score (nSPS) is 10.7. The van der Waals surface area contributed by atoms with E-state index >= 15 is 0 Å². The first kappa shape index (κ1) is 16.0. The van der Waals surface area contributed by atoms with Crippen LogP contribution in [0.5, 0.6) is 0 Å². The van der Waals surface area contributed by atoms with E-state index in [4.69, 9.17) is 9.47 Å². The predicted molar refractivity (Wildman–Crippen MR) is 69.7 cm³/mol. The average Bonchev–Trinajstić information content (AvgIpc) is 2.33. The second kappa shape index (κ2) is 13.1. The Bertz CT molecular complexity index is 200. The molecule has 0 radical (unpaired) electrons. The quantitative estimate of drug-likeness (QED) is 0.314. The molecule has 17 heavy (non-hydrogen) atoms. The number of carbonyl (C=O) groups is 1. The zero-order valence-electron chi connectivity index (χ0n) is 11.2. The van der Waals surface area contributed by atoms with Gasteiger partial charge in [0.1, 0.15) is 0 Å². The third-order valence-corrected chi connectivity index (χ3v) is 2.35. The van der Waals surface area contributed by atoms with Crippen LogP contribution in [0.15, 0.2) is 12.3 Å². The summed E-state index contributed by atoms with van der Waals surface area (Å²) in [6.07, 6.45) is 10.3. The fourth-order valence-electron chi connectivity index (χ4n) is 1.31. The molecular formula is C14H26O3. The maximum absolute atomic E-state index is 11.2. The minimum Gasteiger partial charge on any atom is -0.502 e. The van der Waals surface area contributed by atoms with Gasteiger partial charge in [-0.15, -0.1) is 0 Å². The molecule has 3 nitrogen and oxygen atoms in total. The second-order valence-corrected chi connectivity index (χ2v) is 4.08. The molecule has 0 aromatic carbocycles. The Morgan fingerprint density at radius 2 is 1.65 bits per heavy atom. The van der Waals surface area contributed by atoms with Crippen LogP contribution in [-0.2, 0) is 14.3 Å². The molecule has 0 spiro atoms. The molecular weight excluding hydrogens is 216 g/mol. The Balaban J connectivity index is 3.27. The molecule has 0 aliphatic carbocycles. The monoisotopic (exact) mass is 242 g/mol. The van der Waals surface area contributed by atoms with Gasteiger partial charge in [0.15, 0.2) is 0 Å². The first-order chi connectivity index (χ1) is 8.31. The van der Waals surface area contributed by atoms with E-state index in [9.17, 15) is 4.79 Å². The number of unbranched alkanes of at least 4 members (excludes halogenated alkanes) is 4. The Morgan fingerprint density at radius 3 is 2.29 bits per heavy atom. The van der Waals surface area contributed by atoms with Gasteiger partial charge in [0, 0.05) is 0 Å². The zero-order valence-corrected chi connectivity index (χ0v) is 11.2. The molecule has 0 aromatic rings. The maximum Gasteiger partial charge on any atom is 0.309 e. The van der Waals surface area contributed by atoms with Crippen molar-refractivity contribution in [2.24, 2.45) is 0 Å². The molecule has 0 N–H and O–H groups in total. The summed E-state index contributed by atoms with van der Waals surface area (Å²) in [4.78, 5) is 11.2. The molecule has 0 saturated carbocycles. The lowest BCUT2D eigenvalue weighted by Crippen LogP contribution is -2.04. The molecule has 0 bridgehead atoms. The summed E-state index contributed by atoms with van der Waals surface area (Å²) < 4.78 is 10.3. The van der Waals surface area contributed by atoms with E-state index in [0.29, 0.717) is 13.0 Å². The van der Waals surface area contributed by atoms with Crippen molar-refractivity contribution < 1.29 is 14.3 Å². The van der Waals surface area contributed by atoms with Crippen molar-refractivity contribution in [3.63, 3.8) is 0 Å². The van der Waals surface area contributed by atoms with E-state index in [1.807, 2.05) is 0 Å². The summed E-state index contributed by atoms with van der Waals surface area (Å²) in [6.45, 7) is 5.55. The predicted octanol–water partition coefficient (Wildman–Crippen LogP) is 3.83. The van der Waals surface area contributed by atoms with Crippen LogP contribution in [-0.4, -0.2) is 19.2 Å². The van der Waals surface area contributed by atoms with Crippen molar-refractivity contribution >= 4 is 5.97 Å². The standard InChI is InChI=1S/C14H26O3/c1-3-5-7-11-16-12-9-10-14(15)17-13-8-6-4-2/h9,12H,3-8,10-11,13H2,1-2H3. The number of esters is 1. The molecule has 0 unspecified atom stereocenters. The van der Waals surface area contributed by atoms with Crippen molar-refractivity contribution in [3.8, 4) is 0 Å². The SMILES string of the molecule is CCCCCOC=CCC(=O)OCCCCC. The Morgan fingerprint density at radius 1 is 1.00 bits per heavy atom. The minimum atomic E-state index is -0.172. The van der Waals surface area contributed by atoms with Crippen molar-refractivity contribution in [1.29, 1.82) is 0 Å². The van der Waals surface area contributed by atoms with Gasteiger partial charge in [-0.25, -0.2) is 0 Å². The third-order valence-electron chi connectivity index (χ3n) is 2.35. The van der Waals surface area contributed by atoms with Crippen LogP contribution in [0.25, 0.3) is 0 Å². The van der Waals surface area contributed by atoms with Crippen molar-refractivity contribution in [2.45, 2.75) is 58.8 Å². The van der Waals surface area contributed by atoms with Crippen LogP contribution < -0.4 is 0 Å². The summed E-state index contributed by atoms with van der Waals surface area (Å²) in [7, 11) is 0. The molecule has 0 fully saturated rings. The molecule has 0 aliphatic heterocycles. The highest BCUT2D eigenvalue weighted by atomic mass is 16.5. The van der Waals surface area contributed by atoms with Crippen molar-refractivity contribution in [2.75, 3.05) is 13.2 Å². The van der Waals surface area contributed by atoms with Gasteiger partial charge in [-0.1, -0.05) is 39.5 Å². The summed E-state index contributed by atoms with van der Waals surface area (Å²) >= 11 is 0. The van der Waals surface area contributed by atoms with Gasteiger partial charge in [0.25, 0.3) is 0 Å². The Labute approximate surface area is 105 Å². The molecule has 0 amide bonds. The van der Waals surface area contributed by atoms with E-state index in [1.54, 1.807) is 12.3 Å². The van der Waals surface area contributed by atoms with Crippen LogP contribution >= 0.6 is 0 Å². The average molecular weight is 242 g/mol. The van der Waals surface area contributed by atoms with Gasteiger partial charge in [-0.05, 0) is 18.9 Å². The number of hydrogen-bond acceptors (Lipinski definition) is 3. The van der Waals surface area contributed by atoms with Gasteiger partial charge in [0.2, 0.25) is 0 Å². The minimum absolute atomic E-state index is 0.172. The summed E-state index contributed by atoms with van der Waals surface area (Å²) in [5, 5.41) is 0. The summed E-state index contributed by atoms with van der Waals surface area (Å²) in [5.74, 6) is -0.172. The lowest BCUT2D eigenvalue weighted by molar-refractivity contribution is -0.142. The molecule has 0 atom stereocenters. The van der Waals surface area contributed by atoms with E-state index in [-0.39, 0.29) is 5.97 Å². The fraction of sp³-hybridized carbons (Fsp3) is 0.786. The number of ether oxygens (including phenoxy) is 2. The lowest BCUT2D eigenvalue weighted by Gasteiger charge is -2.02. The molecule has 0 rings (SSSR count). The van der Waals surface area contributed by atoms with Gasteiger partial charge >= 0.3 is 5.97 Å². The van der Waals surface area contributed by atoms with E-state index in [2.05, 4.69) is 13.8 Å². The highest BCUT2D eigenvalue weighted by molar-refractivity contribution is 5.70. The lowest BCUT2D eigenvalue weighted by atomic mass is 10.3. The first-order valence-electron chi connectivity index (χ1n) is 6.73. The highest BCUT2D eigenvalue weighted by Crippen LogP contribution is 1.97. The fourth-order valence-corrected chi connectivity index (χ4v) is 1.31. The van der Waals surface area contributed by atoms with Gasteiger partial charge in [-0.3, -0.25) is 4.79 Å². The second-order valence-electron chi connectivity index (χ2n) is 4.08. The molecule has 0 aromatic heterocycles. The number of carbonyl (C=O) groups excluding carboxylic acids is 1. The van der Waals surface area contributed by atoms with Gasteiger partial charge in [-0.2, -0.15) is 0 Å². The van der Waals surface area contributed by atoms with Crippen LogP contribution in [0.4, 0.5) is 0 Å². The van der Waals surface area contributed by atoms with Gasteiger partial charge < -0.3 is 9.47 Å². The Kier molecular flexibility index (Phi) is 12.3. The van der Waals surface area contributed by atoms with E-state index in [0.717, 1.165) is 32.3 Å². The number of rotatable bonds is 11. The first-order valence-corrected chi connectivity index (χ1v) is 6.73. The van der Waals surface area contributed by atoms with Crippen LogP contribution in [0.1, 0.15) is 58.8 Å². The van der Waals surface area contributed by atoms with Gasteiger partial charge in [0.05, 0.1) is 25.9 Å².